The van der Waals surface area contributed by atoms with Gasteiger partial charge in [-0.25, -0.2) is 9.78 Å². The number of rotatable bonds is 3. The van der Waals surface area contributed by atoms with E-state index < -0.39 is 0 Å². The molecule has 1 aliphatic rings. The molecule has 5 heteroatoms. The van der Waals surface area contributed by atoms with E-state index in [4.69, 9.17) is 9.40 Å². The highest BCUT2D eigenvalue weighted by Crippen LogP contribution is 2.37. The number of fused-ring (bicyclic) bond motifs is 2. The van der Waals surface area contributed by atoms with E-state index in [1.54, 1.807) is 17.4 Å². The lowest BCUT2D eigenvalue weighted by atomic mass is 10.1. The summed E-state index contributed by atoms with van der Waals surface area (Å²) in [6, 6.07) is 16.3. The molecule has 0 bridgehead atoms. The Kier molecular flexibility index (Phi) is 4.06. The summed E-state index contributed by atoms with van der Waals surface area (Å²) in [4.78, 5) is 19.4. The monoisotopic (exact) mass is 376 g/mol. The van der Waals surface area contributed by atoms with E-state index in [1.165, 1.54) is 9.71 Å². The second kappa shape index (κ2) is 6.59. The summed E-state index contributed by atoms with van der Waals surface area (Å²) < 4.78 is 6.65. The van der Waals surface area contributed by atoms with Crippen LogP contribution < -0.4 is 5.63 Å². The van der Waals surface area contributed by atoms with E-state index in [2.05, 4.69) is 35.2 Å². The van der Waals surface area contributed by atoms with Crippen molar-refractivity contribution in [3.8, 4) is 0 Å². The van der Waals surface area contributed by atoms with Crippen molar-refractivity contribution >= 4 is 32.5 Å². The molecule has 5 rings (SSSR count). The summed E-state index contributed by atoms with van der Waals surface area (Å²) in [5.41, 5.74) is 3.60. The van der Waals surface area contributed by atoms with Gasteiger partial charge in [0.25, 0.3) is 0 Å². The number of para-hydroxylation sites is 1. The van der Waals surface area contributed by atoms with Crippen LogP contribution in [0.5, 0.6) is 0 Å². The van der Waals surface area contributed by atoms with E-state index in [-0.39, 0.29) is 5.63 Å². The first kappa shape index (κ1) is 16.7. The van der Waals surface area contributed by atoms with Crippen molar-refractivity contribution in [2.45, 2.75) is 32.4 Å². The second-order valence-electron chi connectivity index (χ2n) is 7.24. The number of hydrogen-bond donors (Lipinski definition) is 0. The number of aromatic nitrogens is 1. The van der Waals surface area contributed by atoms with Crippen LogP contribution in [0.25, 0.3) is 21.2 Å². The standard InChI is InChI=1S/C22H20N2O2S/c1-14-8-9-16-15(12-21(25)26-19(16)11-14)13-24-10-4-6-18(24)22-23-17-5-2-3-7-20(17)27-22/h2-3,5,7-9,11-12,18H,4,6,10,13H2,1H3. The Bertz CT molecular complexity index is 1160. The van der Waals surface area contributed by atoms with Crippen molar-refractivity contribution in [1.82, 2.24) is 9.88 Å². The quantitative estimate of drug-likeness (QED) is 0.470. The highest BCUT2D eigenvalue weighted by molar-refractivity contribution is 7.18. The van der Waals surface area contributed by atoms with Crippen LogP contribution in [0.1, 0.15) is 35.0 Å². The van der Waals surface area contributed by atoms with Crippen LogP contribution in [0.4, 0.5) is 0 Å². The minimum absolute atomic E-state index is 0.279. The smallest absolute Gasteiger partial charge is 0.336 e. The summed E-state index contributed by atoms with van der Waals surface area (Å²) >= 11 is 1.78. The summed E-state index contributed by atoms with van der Waals surface area (Å²) in [5, 5.41) is 2.20. The van der Waals surface area contributed by atoms with E-state index >= 15 is 0 Å². The SMILES string of the molecule is Cc1ccc2c(CN3CCCC3c3nc4ccccc4s3)cc(=O)oc2c1. The zero-order valence-corrected chi connectivity index (χ0v) is 16.0. The molecule has 136 valence electrons. The Morgan fingerprint density at radius 2 is 2.11 bits per heavy atom. The summed E-state index contributed by atoms with van der Waals surface area (Å²) in [6.45, 7) is 3.77. The third kappa shape index (κ3) is 3.07. The fourth-order valence-corrected chi connectivity index (χ4v) is 5.15. The van der Waals surface area contributed by atoms with Crippen molar-refractivity contribution < 1.29 is 4.42 Å². The normalized spacial score (nSPS) is 17.9. The van der Waals surface area contributed by atoms with Gasteiger partial charge in [0.1, 0.15) is 10.6 Å². The molecular weight excluding hydrogens is 356 g/mol. The number of hydrogen-bond acceptors (Lipinski definition) is 5. The van der Waals surface area contributed by atoms with Gasteiger partial charge >= 0.3 is 5.63 Å². The molecule has 0 N–H and O–H groups in total. The molecule has 1 unspecified atom stereocenters. The van der Waals surface area contributed by atoms with Gasteiger partial charge in [0, 0.05) is 18.0 Å². The molecule has 0 saturated carbocycles. The molecule has 2 aromatic heterocycles. The van der Waals surface area contributed by atoms with E-state index in [9.17, 15) is 4.79 Å². The number of aryl methyl sites for hydroxylation is 1. The fraction of sp³-hybridized carbons (Fsp3) is 0.273. The molecular formula is C22H20N2O2S. The van der Waals surface area contributed by atoms with Gasteiger partial charge in [-0.1, -0.05) is 24.3 Å². The van der Waals surface area contributed by atoms with Crippen LogP contribution in [-0.2, 0) is 6.54 Å². The molecule has 1 aliphatic heterocycles. The minimum atomic E-state index is -0.279. The number of benzene rings is 2. The van der Waals surface area contributed by atoms with Gasteiger partial charge in [-0.2, -0.15) is 0 Å². The summed E-state index contributed by atoms with van der Waals surface area (Å²) in [7, 11) is 0. The second-order valence-corrected chi connectivity index (χ2v) is 8.30. The van der Waals surface area contributed by atoms with Crippen LogP contribution in [0.15, 0.2) is 57.7 Å². The maximum atomic E-state index is 12.1. The van der Waals surface area contributed by atoms with Gasteiger partial charge < -0.3 is 4.42 Å². The molecule has 4 aromatic rings. The topological polar surface area (TPSA) is 46.3 Å². The molecule has 0 radical (unpaired) electrons. The van der Waals surface area contributed by atoms with Gasteiger partial charge in [0.15, 0.2) is 0 Å². The van der Waals surface area contributed by atoms with E-state index in [1.807, 2.05) is 19.1 Å². The maximum Gasteiger partial charge on any atom is 0.336 e. The highest BCUT2D eigenvalue weighted by atomic mass is 32.1. The molecule has 0 aliphatic carbocycles. The minimum Gasteiger partial charge on any atom is -0.423 e. The first-order valence-corrected chi connectivity index (χ1v) is 10.1. The zero-order valence-electron chi connectivity index (χ0n) is 15.1. The highest BCUT2D eigenvalue weighted by Gasteiger charge is 2.29. The molecule has 27 heavy (non-hydrogen) atoms. The predicted octanol–water partition coefficient (Wildman–Crippen LogP) is 5.05. The van der Waals surface area contributed by atoms with Crippen LogP contribution in [-0.4, -0.2) is 16.4 Å². The molecule has 1 atom stereocenters. The Morgan fingerprint density at radius 1 is 1.22 bits per heavy atom. The van der Waals surface area contributed by atoms with Crippen molar-refractivity contribution in [1.29, 1.82) is 0 Å². The van der Waals surface area contributed by atoms with Gasteiger partial charge in [-0.15, -0.1) is 11.3 Å². The number of likely N-dealkylation sites (tertiary alicyclic amines) is 1. The van der Waals surface area contributed by atoms with E-state index in [0.717, 1.165) is 48.0 Å². The zero-order chi connectivity index (χ0) is 18.4. The average Bonchev–Trinajstić information content (AvgIpc) is 3.27. The maximum absolute atomic E-state index is 12.1. The van der Waals surface area contributed by atoms with Crippen molar-refractivity contribution in [2.75, 3.05) is 6.54 Å². The molecule has 4 nitrogen and oxygen atoms in total. The number of thiazole rings is 1. The van der Waals surface area contributed by atoms with Gasteiger partial charge in [0.05, 0.1) is 16.3 Å². The van der Waals surface area contributed by atoms with Gasteiger partial charge in [0.2, 0.25) is 0 Å². The molecule has 0 amide bonds. The van der Waals surface area contributed by atoms with Crippen molar-refractivity contribution in [3.63, 3.8) is 0 Å². The van der Waals surface area contributed by atoms with Crippen molar-refractivity contribution in [3.05, 3.63) is 75.1 Å². The summed E-state index contributed by atoms with van der Waals surface area (Å²) in [5.74, 6) is 0. The lowest BCUT2D eigenvalue weighted by Crippen LogP contribution is -2.23. The van der Waals surface area contributed by atoms with Gasteiger partial charge in [-0.3, -0.25) is 4.90 Å². The molecule has 1 fully saturated rings. The Morgan fingerprint density at radius 3 is 3.00 bits per heavy atom. The van der Waals surface area contributed by atoms with Crippen LogP contribution in [0.2, 0.25) is 0 Å². The van der Waals surface area contributed by atoms with Gasteiger partial charge in [-0.05, 0) is 55.6 Å². The summed E-state index contributed by atoms with van der Waals surface area (Å²) in [6.07, 6.45) is 2.26. The Labute approximate surface area is 161 Å². The molecule has 2 aromatic carbocycles. The molecule has 1 saturated heterocycles. The Balaban J connectivity index is 1.51. The molecule has 0 spiro atoms. The molecule has 3 heterocycles. The fourth-order valence-electron chi connectivity index (χ4n) is 4.01. The largest absolute Gasteiger partial charge is 0.423 e. The lowest BCUT2D eigenvalue weighted by Gasteiger charge is -2.23. The number of nitrogens with zero attached hydrogens (tertiary/aromatic N) is 2. The predicted molar refractivity (Wildman–Crippen MR) is 109 cm³/mol. The third-order valence-corrected chi connectivity index (χ3v) is 6.46. The third-order valence-electron chi connectivity index (χ3n) is 5.32. The first-order chi connectivity index (χ1) is 13.2. The Hall–Kier alpha value is -2.50. The van der Waals surface area contributed by atoms with E-state index in [0.29, 0.717) is 11.6 Å². The van der Waals surface area contributed by atoms with Crippen LogP contribution in [0.3, 0.4) is 0 Å². The lowest BCUT2D eigenvalue weighted by molar-refractivity contribution is 0.248. The van der Waals surface area contributed by atoms with Crippen LogP contribution >= 0.6 is 11.3 Å². The van der Waals surface area contributed by atoms with Crippen molar-refractivity contribution in [2.24, 2.45) is 0 Å². The average molecular weight is 376 g/mol. The van der Waals surface area contributed by atoms with Crippen LogP contribution in [0, 0.1) is 6.92 Å². The first-order valence-electron chi connectivity index (χ1n) is 9.30.